The zero-order chi connectivity index (χ0) is 13.8. The highest BCUT2D eigenvalue weighted by Crippen LogP contribution is 2.40. The molecule has 112 valence electrons. The predicted molar refractivity (Wildman–Crippen MR) is 79.2 cm³/mol. The molecule has 3 rings (SSSR count). The van der Waals surface area contributed by atoms with Crippen molar-refractivity contribution in [2.45, 2.75) is 75.8 Å². The summed E-state index contributed by atoms with van der Waals surface area (Å²) in [7, 11) is 0. The van der Waals surface area contributed by atoms with Gasteiger partial charge in [-0.15, -0.1) is 0 Å². The monoisotopic (exact) mass is 276 g/mol. The average Bonchev–Trinajstić information content (AvgIpc) is 2.97. The lowest BCUT2D eigenvalue weighted by Gasteiger charge is -2.30. The minimum absolute atomic E-state index is 0.238. The molecule has 1 N–H and O–H groups in total. The van der Waals surface area contributed by atoms with Gasteiger partial charge in [0, 0.05) is 19.3 Å². The summed E-state index contributed by atoms with van der Waals surface area (Å²) in [6.07, 6.45) is 12.5. The Labute approximate surface area is 123 Å². The van der Waals surface area contributed by atoms with E-state index in [1.807, 2.05) is 0 Å². The summed E-state index contributed by atoms with van der Waals surface area (Å²) in [6.45, 7) is 1.79. The third-order valence-electron chi connectivity index (χ3n) is 5.50. The van der Waals surface area contributed by atoms with E-state index in [2.05, 4.69) is 11.4 Å². The van der Waals surface area contributed by atoms with E-state index in [0.29, 0.717) is 12.0 Å². The molecule has 0 aromatic rings. The summed E-state index contributed by atoms with van der Waals surface area (Å²) in [6, 6.07) is 3.23. The molecule has 3 fully saturated rings. The van der Waals surface area contributed by atoms with Crippen molar-refractivity contribution in [2.75, 3.05) is 13.2 Å². The number of hydrogen-bond acceptors (Lipinski definition) is 3. The van der Waals surface area contributed by atoms with E-state index < -0.39 is 0 Å². The van der Waals surface area contributed by atoms with Crippen LogP contribution in [0.25, 0.3) is 0 Å². The largest absolute Gasteiger partial charge is 0.381 e. The maximum Gasteiger partial charge on any atom is 0.109 e. The number of nitriles is 1. The summed E-state index contributed by atoms with van der Waals surface area (Å²) in [5, 5.41) is 13.3. The molecule has 0 bridgehead atoms. The van der Waals surface area contributed by atoms with Gasteiger partial charge in [0.1, 0.15) is 5.54 Å². The Balaban J connectivity index is 1.42. The molecule has 0 aromatic carbocycles. The molecule has 0 aromatic heterocycles. The normalized spacial score (nSPS) is 34.5. The van der Waals surface area contributed by atoms with E-state index >= 15 is 0 Å². The zero-order valence-electron chi connectivity index (χ0n) is 12.6. The van der Waals surface area contributed by atoms with Crippen molar-refractivity contribution in [2.24, 2.45) is 11.8 Å². The molecular formula is C17H28N2O. The summed E-state index contributed by atoms with van der Waals surface area (Å²) in [4.78, 5) is 0. The molecule has 0 amide bonds. The van der Waals surface area contributed by atoms with Crippen LogP contribution in [0.15, 0.2) is 0 Å². The van der Waals surface area contributed by atoms with Gasteiger partial charge in [-0.05, 0) is 56.8 Å². The lowest BCUT2D eigenvalue weighted by molar-refractivity contribution is 0.0840. The molecule has 0 heterocycles. The van der Waals surface area contributed by atoms with E-state index in [-0.39, 0.29) is 5.54 Å². The van der Waals surface area contributed by atoms with Gasteiger partial charge in [-0.1, -0.05) is 19.3 Å². The second-order valence-corrected chi connectivity index (χ2v) is 7.10. The number of nitrogens with zero attached hydrogens (tertiary/aromatic N) is 1. The highest BCUT2D eigenvalue weighted by molar-refractivity contribution is 5.16. The van der Waals surface area contributed by atoms with Crippen molar-refractivity contribution in [1.29, 1.82) is 5.26 Å². The van der Waals surface area contributed by atoms with Crippen LogP contribution in [0.4, 0.5) is 0 Å². The fourth-order valence-electron chi connectivity index (χ4n) is 4.08. The first-order chi connectivity index (χ1) is 9.82. The predicted octanol–water partition coefficient (Wildman–Crippen LogP) is 3.40. The van der Waals surface area contributed by atoms with E-state index in [4.69, 9.17) is 4.74 Å². The van der Waals surface area contributed by atoms with Crippen molar-refractivity contribution in [3.8, 4) is 6.07 Å². The van der Waals surface area contributed by atoms with Crippen LogP contribution in [0, 0.1) is 23.2 Å². The van der Waals surface area contributed by atoms with E-state index in [9.17, 15) is 5.26 Å². The third-order valence-corrected chi connectivity index (χ3v) is 5.50. The lowest BCUT2D eigenvalue weighted by Crippen LogP contribution is -2.48. The van der Waals surface area contributed by atoms with Gasteiger partial charge in [0.15, 0.2) is 0 Å². The van der Waals surface area contributed by atoms with Gasteiger partial charge in [0.2, 0.25) is 0 Å². The Morgan fingerprint density at radius 2 is 1.90 bits per heavy atom. The van der Waals surface area contributed by atoms with Gasteiger partial charge in [0.05, 0.1) is 6.07 Å². The average molecular weight is 276 g/mol. The van der Waals surface area contributed by atoms with Crippen molar-refractivity contribution < 1.29 is 4.74 Å². The molecule has 3 saturated carbocycles. The lowest BCUT2D eigenvalue weighted by atomic mass is 9.86. The maximum absolute atomic E-state index is 9.64. The molecule has 3 nitrogen and oxygen atoms in total. The molecule has 3 heteroatoms. The van der Waals surface area contributed by atoms with Crippen molar-refractivity contribution in [3.63, 3.8) is 0 Å². The standard InChI is InChI=1S/C17H28N2O/c18-13-17(19-16-7-8-16)10-3-6-15(17)9-11-20-12-14-4-1-2-5-14/h14-16,19H,1-12H2. The van der Waals surface area contributed by atoms with Crippen LogP contribution in [-0.2, 0) is 4.74 Å². The fraction of sp³-hybridized carbons (Fsp3) is 0.941. The first kappa shape index (κ1) is 14.4. The Bertz CT molecular complexity index is 354. The minimum Gasteiger partial charge on any atom is -0.381 e. The first-order valence-electron chi connectivity index (χ1n) is 8.59. The van der Waals surface area contributed by atoms with Gasteiger partial charge in [0.25, 0.3) is 0 Å². The molecule has 3 aliphatic carbocycles. The van der Waals surface area contributed by atoms with Crippen LogP contribution < -0.4 is 5.32 Å². The van der Waals surface area contributed by atoms with Gasteiger partial charge in [-0.2, -0.15) is 5.26 Å². The Kier molecular flexibility index (Phi) is 4.63. The van der Waals surface area contributed by atoms with Gasteiger partial charge < -0.3 is 4.74 Å². The van der Waals surface area contributed by atoms with Crippen LogP contribution >= 0.6 is 0 Å². The van der Waals surface area contributed by atoms with E-state index in [0.717, 1.165) is 32.0 Å². The molecule has 3 aliphatic rings. The second kappa shape index (κ2) is 6.45. The second-order valence-electron chi connectivity index (χ2n) is 7.10. The highest BCUT2D eigenvalue weighted by Gasteiger charge is 2.45. The minimum atomic E-state index is -0.238. The van der Waals surface area contributed by atoms with Crippen LogP contribution in [-0.4, -0.2) is 24.8 Å². The quantitative estimate of drug-likeness (QED) is 0.725. The van der Waals surface area contributed by atoms with Crippen molar-refractivity contribution in [3.05, 3.63) is 0 Å². The van der Waals surface area contributed by atoms with Gasteiger partial charge >= 0.3 is 0 Å². The molecule has 0 saturated heterocycles. The van der Waals surface area contributed by atoms with Crippen molar-refractivity contribution in [1.82, 2.24) is 5.32 Å². The fourth-order valence-corrected chi connectivity index (χ4v) is 4.08. The topological polar surface area (TPSA) is 45.0 Å². The summed E-state index contributed by atoms with van der Waals surface area (Å²) >= 11 is 0. The molecule has 2 atom stereocenters. The molecule has 2 unspecified atom stereocenters. The van der Waals surface area contributed by atoms with Crippen LogP contribution in [0.2, 0.25) is 0 Å². The smallest absolute Gasteiger partial charge is 0.109 e. The number of ether oxygens (including phenoxy) is 1. The summed E-state index contributed by atoms with van der Waals surface area (Å²) in [5.74, 6) is 1.31. The van der Waals surface area contributed by atoms with E-state index in [1.54, 1.807) is 0 Å². The zero-order valence-corrected chi connectivity index (χ0v) is 12.6. The maximum atomic E-state index is 9.64. The SMILES string of the molecule is N#CC1(NC2CC2)CCCC1CCOCC1CCCC1. The third kappa shape index (κ3) is 3.35. The molecule has 0 spiro atoms. The number of rotatable bonds is 7. The van der Waals surface area contributed by atoms with Gasteiger partial charge in [-0.3, -0.25) is 5.32 Å². The Morgan fingerprint density at radius 1 is 1.10 bits per heavy atom. The number of nitrogens with one attached hydrogen (secondary N) is 1. The Hall–Kier alpha value is -0.590. The molecule has 0 aliphatic heterocycles. The Morgan fingerprint density at radius 3 is 2.60 bits per heavy atom. The molecule has 20 heavy (non-hydrogen) atoms. The molecular weight excluding hydrogens is 248 g/mol. The van der Waals surface area contributed by atoms with Crippen LogP contribution in [0.5, 0.6) is 0 Å². The number of hydrogen-bond donors (Lipinski definition) is 1. The summed E-state index contributed by atoms with van der Waals surface area (Å²) in [5.41, 5.74) is -0.238. The van der Waals surface area contributed by atoms with Crippen molar-refractivity contribution >= 4 is 0 Å². The van der Waals surface area contributed by atoms with Gasteiger partial charge in [-0.25, -0.2) is 0 Å². The summed E-state index contributed by atoms with van der Waals surface area (Å²) < 4.78 is 5.90. The molecule has 0 radical (unpaired) electrons. The highest BCUT2D eigenvalue weighted by atomic mass is 16.5. The van der Waals surface area contributed by atoms with E-state index in [1.165, 1.54) is 51.4 Å². The van der Waals surface area contributed by atoms with Crippen LogP contribution in [0.1, 0.15) is 64.2 Å². The van der Waals surface area contributed by atoms with Crippen LogP contribution in [0.3, 0.4) is 0 Å². The first-order valence-corrected chi connectivity index (χ1v) is 8.59.